The van der Waals surface area contributed by atoms with E-state index < -0.39 is 23.4 Å². The molecule has 1 aliphatic heterocycles. The first-order valence-electron chi connectivity index (χ1n) is 12.2. The van der Waals surface area contributed by atoms with Crippen LogP contribution in [0.25, 0.3) is 0 Å². The fraction of sp³-hybridized carbons (Fsp3) is 0.333. The van der Waals surface area contributed by atoms with Crippen molar-refractivity contribution in [1.82, 2.24) is 0 Å². The second-order valence-electron chi connectivity index (χ2n) is 8.47. The van der Waals surface area contributed by atoms with Gasteiger partial charge in [-0.05, 0) is 56.5 Å². The Morgan fingerprint density at radius 1 is 1.18 bits per heavy atom. The molecule has 2 aromatic carbocycles. The Morgan fingerprint density at radius 3 is 2.55 bits per heavy atom. The summed E-state index contributed by atoms with van der Waals surface area (Å²) in [5.74, 6) is -1.71. The molecule has 0 fully saturated rings. The topological polar surface area (TPSA) is 125 Å². The van der Waals surface area contributed by atoms with Crippen LogP contribution in [-0.2, 0) is 19.1 Å². The number of alkyl halides is 1. The molecule has 38 heavy (non-hydrogen) atoms. The maximum Gasteiger partial charge on any atom is 0.356 e. The van der Waals surface area contributed by atoms with Gasteiger partial charge in [-0.25, -0.2) is 9.18 Å². The molecule has 1 aliphatic rings. The Balaban J connectivity index is 1.87. The van der Waals surface area contributed by atoms with E-state index in [9.17, 15) is 18.8 Å². The number of methoxy groups -OCH3 is 1. The van der Waals surface area contributed by atoms with Crippen molar-refractivity contribution in [3.05, 3.63) is 59.6 Å². The molecule has 3 rings (SSSR count). The highest BCUT2D eigenvalue weighted by Gasteiger charge is 2.36. The van der Waals surface area contributed by atoms with E-state index in [0.717, 1.165) is 18.2 Å². The lowest BCUT2D eigenvalue weighted by Gasteiger charge is -2.28. The Hall–Kier alpha value is -3.57. The molecular formula is C27H31BrFN4O5+. The average molecular weight is 590 g/mol. The van der Waals surface area contributed by atoms with Crippen molar-refractivity contribution >= 4 is 56.5 Å². The van der Waals surface area contributed by atoms with Crippen LogP contribution in [0, 0.1) is 11.2 Å². The normalized spacial score (nSPS) is 13.4. The number of nitrogens with one attached hydrogen (secondary N) is 2. The summed E-state index contributed by atoms with van der Waals surface area (Å²) < 4.78 is 24.8. The molecule has 0 saturated carbocycles. The van der Waals surface area contributed by atoms with Gasteiger partial charge in [0.1, 0.15) is 11.5 Å². The van der Waals surface area contributed by atoms with Gasteiger partial charge in [-0.2, -0.15) is 0 Å². The van der Waals surface area contributed by atoms with E-state index in [2.05, 4.69) is 21.2 Å². The number of rotatable bonds is 12. The molecule has 0 bridgehead atoms. The Bertz CT molecular complexity index is 1230. The van der Waals surface area contributed by atoms with Gasteiger partial charge in [0.05, 0.1) is 19.3 Å². The van der Waals surface area contributed by atoms with Crippen molar-refractivity contribution in [3.8, 4) is 5.75 Å². The van der Waals surface area contributed by atoms with E-state index in [4.69, 9.17) is 14.9 Å². The minimum atomic E-state index is -0.846. The van der Waals surface area contributed by atoms with Crippen LogP contribution in [0.3, 0.4) is 0 Å². The largest absolute Gasteiger partial charge is 0.497 e. The fourth-order valence-electron chi connectivity index (χ4n) is 3.95. The molecule has 0 atom stereocenters. The molecular weight excluding hydrogens is 559 g/mol. The van der Waals surface area contributed by atoms with Gasteiger partial charge in [-0.15, -0.1) is 0 Å². The lowest BCUT2D eigenvalue weighted by atomic mass is 9.98. The number of anilines is 2. The van der Waals surface area contributed by atoms with Gasteiger partial charge in [-0.1, -0.05) is 15.9 Å². The zero-order chi connectivity index (χ0) is 27.7. The van der Waals surface area contributed by atoms with Crippen molar-refractivity contribution in [2.24, 2.45) is 0 Å². The van der Waals surface area contributed by atoms with Crippen molar-refractivity contribution in [3.63, 3.8) is 0 Å². The minimum absolute atomic E-state index is 0.0301. The summed E-state index contributed by atoms with van der Waals surface area (Å²) in [6.45, 7) is 1.92. The van der Waals surface area contributed by atoms with E-state index >= 15 is 0 Å². The number of hydrogen-bond acceptors (Lipinski definition) is 6. The molecule has 0 spiro atoms. The Morgan fingerprint density at radius 2 is 1.92 bits per heavy atom. The van der Waals surface area contributed by atoms with Gasteiger partial charge in [0, 0.05) is 41.8 Å². The number of hydrogen-bond donors (Lipinski definition) is 3. The first-order chi connectivity index (χ1) is 18.3. The van der Waals surface area contributed by atoms with Crippen LogP contribution in [0.4, 0.5) is 21.5 Å². The smallest absolute Gasteiger partial charge is 0.356 e. The predicted molar refractivity (Wildman–Crippen MR) is 146 cm³/mol. The number of carbonyl (C=O) groups is 3. The minimum Gasteiger partial charge on any atom is -0.497 e. The number of amides is 2. The maximum atomic E-state index is 14.8. The van der Waals surface area contributed by atoms with Gasteiger partial charge in [0.15, 0.2) is 11.5 Å². The number of carbonyl (C=O) groups excluding carboxylic acids is 3. The molecule has 0 unspecified atom stereocenters. The third-order valence-corrected chi connectivity index (χ3v) is 6.49. The van der Waals surface area contributed by atoms with Gasteiger partial charge in [-0.3, -0.25) is 20.3 Å². The first-order valence-corrected chi connectivity index (χ1v) is 13.4. The van der Waals surface area contributed by atoms with Crippen molar-refractivity contribution in [2.75, 3.05) is 35.8 Å². The van der Waals surface area contributed by atoms with Gasteiger partial charge in [0.2, 0.25) is 11.6 Å². The lowest BCUT2D eigenvalue weighted by molar-refractivity contribution is -0.514. The Labute approximate surface area is 229 Å². The number of unbranched alkanes of at least 4 members (excludes halogenated alkanes) is 1. The molecule has 11 heteroatoms. The number of esters is 1. The summed E-state index contributed by atoms with van der Waals surface area (Å²) in [6, 6.07) is 11.0. The molecule has 2 aromatic rings. The number of nitrogens with zero attached hydrogens (tertiary/aromatic N) is 1. The number of nitrogens with two attached hydrogens (primary N) is 1. The van der Waals surface area contributed by atoms with E-state index in [1.807, 2.05) is 0 Å². The average Bonchev–Trinajstić information content (AvgIpc) is 2.91. The van der Waals surface area contributed by atoms with Crippen LogP contribution in [0.5, 0.6) is 5.75 Å². The molecule has 0 radical (unpaired) electrons. The summed E-state index contributed by atoms with van der Waals surface area (Å²) >= 11 is 3.35. The first kappa shape index (κ1) is 29.0. The van der Waals surface area contributed by atoms with Gasteiger partial charge < -0.3 is 19.7 Å². The summed E-state index contributed by atoms with van der Waals surface area (Å²) in [7, 11) is 1.42. The third-order valence-electron chi connectivity index (χ3n) is 5.93. The second kappa shape index (κ2) is 13.8. The van der Waals surface area contributed by atoms with Gasteiger partial charge >= 0.3 is 11.9 Å². The highest BCUT2D eigenvalue weighted by atomic mass is 79.9. The molecule has 202 valence electrons. The van der Waals surface area contributed by atoms with Crippen molar-refractivity contribution in [2.45, 2.75) is 32.6 Å². The van der Waals surface area contributed by atoms with E-state index in [-0.39, 0.29) is 42.4 Å². The standard InChI is InChI=1S/C27H30BrFN4O5/c1-3-38-27(36)24(30)20-13-15-33(18-9-7-17(8-10-18)31-23(34)6-4-5-14-28)26(35)25(20)32-22-12-11-19(37-2)16-21(22)29/h7-12,16,30,32H,3-6,13-15H2,1-2H3,(H,31,34)/p+1. The molecule has 0 aromatic heterocycles. The van der Waals surface area contributed by atoms with E-state index in [0.29, 0.717) is 23.5 Å². The van der Waals surface area contributed by atoms with Crippen LogP contribution in [-0.4, -0.2) is 49.1 Å². The summed E-state index contributed by atoms with van der Waals surface area (Å²) in [5.41, 5.74) is 1.07. The SMILES string of the molecule is CCOC(=O)C(=N)C1=C([NH2+]c2ccc(OC)cc2F)C(=O)N(c2ccc(NC(=O)CCCCBr)cc2)CC1. The molecule has 9 nitrogen and oxygen atoms in total. The molecule has 2 amide bonds. The highest BCUT2D eigenvalue weighted by Crippen LogP contribution is 2.26. The van der Waals surface area contributed by atoms with Crippen molar-refractivity contribution in [1.29, 1.82) is 5.41 Å². The van der Waals surface area contributed by atoms with Gasteiger partial charge in [0.25, 0.3) is 0 Å². The lowest BCUT2D eigenvalue weighted by Crippen LogP contribution is -2.80. The zero-order valence-electron chi connectivity index (χ0n) is 21.3. The zero-order valence-corrected chi connectivity index (χ0v) is 22.9. The molecule has 0 aliphatic carbocycles. The summed E-state index contributed by atoms with van der Waals surface area (Å²) in [6.07, 6.45) is 2.30. The fourth-order valence-corrected chi connectivity index (χ4v) is 4.35. The maximum absolute atomic E-state index is 14.8. The van der Waals surface area contributed by atoms with Crippen LogP contribution in [0.2, 0.25) is 0 Å². The highest BCUT2D eigenvalue weighted by molar-refractivity contribution is 9.09. The summed E-state index contributed by atoms with van der Waals surface area (Å²) in [4.78, 5) is 39.6. The van der Waals surface area contributed by atoms with E-state index in [1.54, 1.807) is 37.3 Å². The number of benzene rings is 2. The molecule has 4 N–H and O–H groups in total. The second-order valence-corrected chi connectivity index (χ2v) is 9.26. The van der Waals surface area contributed by atoms with Crippen LogP contribution < -0.4 is 20.3 Å². The molecule has 0 saturated heterocycles. The summed E-state index contributed by atoms with van der Waals surface area (Å²) in [5, 5.41) is 13.4. The quantitative estimate of drug-likeness (QED) is 0.114. The predicted octanol–water partition coefficient (Wildman–Crippen LogP) is 3.81. The Kier molecular flexibility index (Phi) is 10.5. The van der Waals surface area contributed by atoms with Crippen LogP contribution in [0.15, 0.2) is 53.7 Å². The number of halogens is 2. The van der Waals surface area contributed by atoms with Crippen LogP contribution >= 0.6 is 15.9 Å². The van der Waals surface area contributed by atoms with Crippen LogP contribution in [0.1, 0.15) is 32.6 Å². The van der Waals surface area contributed by atoms with Crippen molar-refractivity contribution < 1.29 is 33.6 Å². The molecule has 1 heterocycles. The number of ether oxygens (including phenoxy) is 2. The number of quaternary nitrogens is 1. The monoisotopic (exact) mass is 589 g/mol. The third kappa shape index (κ3) is 7.26. The van der Waals surface area contributed by atoms with E-state index in [1.165, 1.54) is 29.5 Å².